The molecule has 5 heteroatoms. The molecule has 1 unspecified atom stereocenters. The van der Waals surface area contributed by atoms with E-state index in [-0.39, 0.29) is 0 Å². The van der Waals surface area contributed by atoms with Crippen LogP contribution in [0.25, 0.3) is 10.9 Å². The molecule has 0 saturated carbocycles. The van der Waals surface area contributed by atoms with Gasteiger partial charge in [0.25, 0.3) is 0 Å². The minimum absolute atomic E-state index is 0.345. The molecule has 4 aromatic rings. The summed E-state index contributed by atoms with van der Waals surface area (Å²) in [6.07, 6.45) is 2.00. The second-order valence-corrected chi connectivity index (χ2v) is 19.6. The first-order valence-electron chi connectivity index (χ1n) is 32.3. The maximum Gasteiger partial charge on any atom is 0.161 e. The smallest absolute Gasteiger partial charge is 0.161 e. The largest absolute Gasteiger partial charge is 0.493 e. The quantitative estimate of drug-likeness (QED) is 0.220. The Bertz CT molecular complexity index is 7360. The van der Waals surface area contributed by atoms with E-state index in [0.717, 1.165) is 53.5 Å². The molecule has 0 aliphatic carbocycles. The number of rotatable bonds is 4. The van der Waals surface area contributed by atoms with Gasteiger partial charge in [-0.15, -0.1) is 0 Å². The molecule has 0 amide bonds. The zero-order valence-electron chi connectivity index (χ0n) is 61.0. The van der Waals surface area contributed by atoms with Gasteiger partial charge in [0.05, 0.1) is 7.11 Å². The third kappa shape index (κ3) is 41.9. The van der Waals surface area contributed by atoms with Gasteiger partial charge in [-0.05, 0) is 168 Å². The predicted molar refractivity (Wildman–Crippen MR) is 458 cm³/mol. The van der Waals surface area contributed by atoms with Crippen LogP contribution in [0.5, 0.6) is 11.5 Å². The monoisotopic (exact) mass is 1460 g/mol. The molecule has 0 radical (unpaired) electrons. The molecule has 0 saturated heterocycles. The minimum atomic E-state index is 0.345. The molecule has 0 fully saturated rings. The molecule has 4 nitrogen and oxygen atoms in total. The maximum absolute atomic E-state index is 6.23. The number of hydrogen-bond acceptors (Lipinski definition) is 3. The molecular formula is C111H31ClN2O2. The first-order valence-corrected chi connectivity index (χ1v) is 32.7. The van der Waals surface area contributed by atoms with Crippen molar-refractivity contribution in [1.29, 1.82) is 0 Å². The van der Waals surface area contributed by atoms with Crippen LogP contribution in [0.2, 0.25) is 5.02 Å². The molecule has 3 heterocycles. The fourth-order valence-corrected chi connectivity index (χ4v) is 7.98. The van der Waals surface area contributed by atoms with Crippen LogP contribution in [0.1, 0.15) is 47.8 Å². The number of methoxy groups -OCH3 is 1. The summed E-state index contributed by atoms with van der Waals surface area (Å²) < 4.78 is 11.9. The summed E-state index contributed by atoms with van der Waals surface area (Å²) in [5.41, 5.74) is 7.73. The van der Waals surface area contributed by atoms with Gasteiger partial charge in [-0.25, -0.2) is 0 Å². The second kappa shape index (κ2) is 61.5. The number of H-pyrrole nitrogens is 1. The van der Waals surface area contributed by atoms with Crippen molar-refractivity contribution in [2.75, 3.05) is 13.7 Å². The van der Waals surface area contributed by atoms with E-state index in [2.05, 4.69) is 526 Å². The van der Waals surface area contributed by atoms with Crippen LogP contribution in [0, 0.1) is 485 Å². The van der Waals surface area contributed by atoms with Crippen LogP contribution < -0.4 is 9.47 Å². The van der Waals surface area contributed by atoms with E-state index in [1.54, 1.807) is 21.0 Å². The lowest BCUT2D eigenvalue weighted by Crippen LogP contribution is -2.39. The van der Waals surface area contributed by atoms with E-state index in [4.69, 9.17) is 21.1 Å². The number of halogens is 1. The highest BCUT2D eigenvalue weighted by atomic mass is 35.5. The highest BCUT2D eigenvalue weighted by molar-refractivity contribution is 6.31. The Labute approximate surface area is 687 Å². The van der Waals surface area contributed by atoms with E-state index < -0.39 is 0 Å². The standard InChI is InChI=1S/C84H6.C27H25ClN2O2/c1-3-5-7-9-11-13-15-17-19-21-23-25-27-29-31-33-35-37-39-41-43-45-47-49-51-53-55-57-59-61-63-65-67-69-71-73-75-77-79-81-83-84-82-80-78-76-74-72-70-68-66-64-62-60-58-56-54-52-50-48-46-44-42-40-38-36-34-32-30-28-26-24-22-20-18-16-14-12-10-8-6-4-2;1-31-26-14-21-18(11-27(26)32-16-17-5-3-2-4-6-17)9-10-30-15-24-22(13-25(21)30)20-8-7-19(28)12-23(20)29-24/h1-2H3;2-8,11-12,14,25,29H,9-10,13,15-16H2,1H3. The van der Waals surface area contributed by atoms with Crippen molar-refractivity contribution in [2.24, 2.45) is 0 Å². The maximum atomic E-state index is 6.23. The third-order valence-electron chi connectivity index (χ3n) is 12.0. The summed E-state index contributed by atoms with van der Waals surface area (Å²) in [6.45, 7) is 5.87. The molecule has 0 bridgehead atoms. The van der Waals surface area contributed by atoms with E-state index in [1.165, 1.54) is 27.8 Å². The first kappa shape index (κ1) is 85.7. The Morgan fingerprint density at radius 1 is 0.328 bits per heavy atom. The van der Waals surface area contributed by atoms with Gasteiger partial charge in [0.1, 0.15) is 6.61 Å². The summed E-state index contributed by atoms with van der Waals surface area (Å²) in [6, 6.07) is 21.1. The Kier molecular flexibility index (Phi) is 45.4. The molecule has 0 spiro atoms. The fraction of sp³-hybridized carbons (Fsp3) is 0.0811. The van der Waals surface area contributed by atoms with Gasteiger partial charge in [-0.2, -0.15) is 0 Å². The van der Waals surface area contributed by atoms with Gasteiger partial charge in [-0.1, -0.05) is 59.8 Å². The lowest BCUT2D eigenvalue weighted by Gasteiger charge is -2.40. The van der Waals surface area contributed by atoms with Crippen LogP contribution in [0.4, 0.5) is 0 Å². The first-order chi connectivity index (χ1) is 57.6. The Balaban J connectivity index is 0.000000607. The van der Waals surface area contributed by atoms with Gasteiger partial charge in [0.15, 0.2) is 11.5 Å². The van der Waals surface area contributed by atoms with Crippen molar-refractivity contribution >= 4 is 22.5 Å². The highest BCUT2D eigenvalue weighted by Crippen LogP contribution is 2.44. The van der Waals surface area contributed by atoms with E-state index >= 15 is 0 Å². The summed E-state index contributed by atoms with van der Waals surface area (Å²) in [4.78, 5) is 6.18. The average Bonchev–Trinajstić information content (AvgIpc) is 1.48. The van der Waals surface area contributed by atoms with Crippen molar-refractivity contribution in [2.45, 2.75) is 45.9 Å². The summed E-state index contributed by atoms with van der Waals surface area (Å²) in [5, 5.41) is 2.05. The van der Waals surface area contributed by atoms with Crippen molar-refractivity contribution < 1.29 is 9.47 Å². The molecule has 1 aromatic heterocycles. The third-order valence-corrected chi connectivity index (χ3v) is 12.3. The normalized spacial score (nSPS) is 7.71. The van der Waals surface area contributed by atoms with Crippen molar-refractivity contribution in [3.05, 3.63) is 93.6 Å². The van der Waals surface area contributed by atoms with Crippen LogP contribution in [-0.4, -0.2) is 23.5 Å². The number of aromatic amines is 1. The SMILES string of the molecule is CC#CC#CC#CC#CC#CC#CC#CC#CC#CC#CC#CC#CC#CC#CC#CC#CC#CC#CC#CC#CC#CC#CC#CC#CC#CC#CC#CC#CC#CC#CC#CC#CC#CC#CC#CC#CC#CC#CC#CC#CC#CC.COc1cc2c(cc1OCc1ccccc1)CCN1Cc3[nH]c4cc(Cl)ccc4c3CC21. The number of ether oxygens (including phenoxy) is 2. The Morgan fingerprint density at radius 2 is 0.595 bits per heavy atom. The van der Waals surface area contributed by atoms with Crippen LogP contribution in [0.3, 0.4) is 0 Å². The zero-order valence-corrected chi connectivity index (χ0v) is 61.8. The summed E-state index contributed by atoms with van der Waals surface area (Å²) >= 11 is 6.23. The van der Waals surface area contributed by atoms with Gasteiger partial charge >= 0.3 is 0 Å². The van der Waals surface area contributed by atoms with Crippen LogP contribution in [0.15, 0.2) is 60.7 Å². The number of aromatic nitrogens is 1. The second-order valence-electron chi connectivity index (χ2n) is 19.2. The molecule has 116 heavy (non-hydrogen) atoms. The van der Waals surface area contributed by atoms with Gasteiger partial charge in [-0.3, -0.25) is 4.90 Å². The number of fused-ring (bicyclic) bond motifs is 6. The number of benzene rings is 3. The van der Waals surface area contributed by atoms with E-state index in [9.17, 15) is 0 Å². The fourth-order valence-electron chi connectivity index (χ4n) is 7.81. The van der Waals surface area contributed by atoms with Crippen LogP contribution in [-0.2, 0) is 26.0 Å². The minimum Gasteiger partial charge on any atom is -0.493 e. The molecule has 2 aliphatic rings. The molecular weight excluding hydrogens is 1430 g/mol. The predicted octanol–water partition coefficient (Wildman–Crippen LogP) is 7.23. The lowest BCUT2D eigenvalue weighted by molar-refractivity contribution is 0.158. The molecule has 3 aromatic carbocycles. The molecule has 2 aliphatic heterocycles. The highest BCUT2D eigenvalue weighted by Gasteiger charge is 2.35. The van der Waals surface area contributed by atoms with Crippen molar-refractivity contribution in [3.63, 3.8) is 0 Å². The van der Waals surface area contributed by atoms with Gasteiger partial charge in [0.2, 0.25) is 0 Å². The zero-order chi connectivity index (χ0) is 81.6. The number of hydrogen-bond donors (Lipinski definition) is 1. The Hall–Kier alpha value is -21.0. The summed E-state index contributed by atoms with van der Waals surface area (Å²) in [5.74, 6) is 207. The van der Waals surface area contributed by atoms with Gasteiger partial charge in [0, 0.05) is 420 Å². The van der Waals surface area contributed by atoms with E-state index in [1.807, 2.05) is 30.3 Å². The topological polar surface area (TPSA) is 37.5 Å². The van der Waals surface area contributed by atoms with E-state index in [0.29, 0.717) is 12.6 Å². The molecule has 1 N–H and O–H groups in total. The summed E-state index contributed by atoms with van der Waals surface area (Å²) in [7, 11) is 1.72. The molecule has 6 rings (SSSR count). The number of nitrogens with one attached hydrogen (secondary N) is 1. The van der Waals surface area contributed by atoms with Gasteiger partial charge < -0.3 is 14.5 Å². The molecule has 1 atom stereocenters. The number of nitrogens with zero attached hydrogens (tertiary/aromatic N) is 1. The van der Waals surface area contributed by atoms with Crippen LogP contribution >= 0.6 is 11.6 Å². The van der Waals surface area contributed by atoms with Crippen molar-refractivity contribution in [1.82, 2.24) is 9.88 Å². The average molecular weight is 1460 g/mol. The lowest BCUT2D eigenvalue weighted by atomic mass is 9.85. The molecule has 504 valence electrons. The van der Waals surface area contributed by atoms with Crippen molar-refractivity contribution in [3.8, 4) is 497 Å². The Morgan fingerprint density at radius 3 is 0.853 bits per heavy atom.